The maximum absolute atomic E-state index is 11.6. The number of amides is 1. The molecule has 0 radical (unpaired) electrons. The fourth-order valence-corrected chi connectivity index (χ4v) is 1.83. The van der Waals surface area contributed by atoms with E-state index in [1.807, 2.05) is 24.4 Å². The molecule has 16 heavy (non-hydrogen) atoms. The Bertz CT molecular complexity index is 464. The normalized spacial score (nSPS) is 10.1. The summed E-state index contributed by atoms with van der Waals surface area (Å²) in [4.78, 5) is 20.8. The van der Waals surface area contributed by atoms with Crippen LogP contribution in [0, 0.1) is 6.92 Å². The van der Waals surface area contributed by atoms with Crippen molar-refractivity contribution in [2.24, 2.45) is 0 Å². The molecule has 0 fully saturated rings. The van der Waals surface area contributed by atoms with Crippen LogP contribution in [-0.4, -0.2) is 15.9 Å². The molecule has 0 saturated carbocycles. The second-order valence-corrected chi connectivity index (χ2v) is 4.34. The number of thiophene rings is 1. The average molecular weight is 233 g/mol. The highest BCUT2D eigenvalue weighted by Gasteiger charge is 2.06. The van der Waals surface area contributed by atoms with E-state index >= 15 is 0 Å². The molecule has 1 amide bonds. The zero-order valence-corrected chi connectivity index (χ0v) is 9.62. The van der Waals surface area contributed by atoms with E-state index in [9.17, 15) is 4.79 Å². The fraction of sp³-hybridized carbons (Fsp3) is 0.182. The van der Waals surface area contributed by atoms with Crippen LogP contribution in [0.15, 0.2) is 29.9 Å². The summed E-state index contributed by atoms with van der Waals surface area (Å²) < 4.78 is 0. The molecule has 1 N–H and O–H groups in total. The molecule has 2 rings (SSSR count). The lowest BCUT2D eigenvalue weighted by atomic mass is 10.4. The first-order valence-corrected chi connectivity index (χ1v) is 5.73. The highest BCUT2D eigenvalue weighted by Crippen LogP contribution is 2.07. The van der Waals surface area contributed by atoms with E-state index in [0.29, 0.717) is 12.2 Å². The largest absolute Gasteiger partial charge is 0.346 e. The molecule has 5 heteroatoms. The molecular formula is C11H11N3OS. The minimum absolute atomic E-state index is 0.194. The lowest BCUT2D eigenvalue weighted by Crippen LogP contribution is -2.23. The number of carbonyl (C=O) groups is 1. The summed E-state index contributed by atoms with van der Waals surface area (Å²) >= 11 is 1.61. The van der Waals surface area contributed by atoms with Gasteiger partial charge in [0.2, 0.25) is 0 Å². The van der Waals surface area contributed by atoms with Gasteiger partial charge in [-0.2, -0.15) is 0 Å². The lowest BCUT2D eigenvalue weighted by Gasteiger charge is -2.02. The minimum Gasteiger partial charge on any atom is -0.346 e. The van der Waals surface area contributed by atoms with E-state index < -0.39 is 0 Å². The van der Waals surface area contributed by atoms with Gasteiger partial charge in [0.05, 0.1) is 18.4 Å². The Morgan fingerprint density at radius 2 is 2.31 bits per heavy atom. The molecule has 2 aromatic rings. The van der Waals surface area contributed by atoms with E-state index in [4.69, 9.17) is 0 Å². The van der Waals surface area contributed by atoms with Crippen molar-refractivity contribution in [3.05, 3.63) is 46.2 Å². The van der Waals surface area contributed by atoms with Gasteiger partial charge in [0.25, 0.3) is 5.91 Å². The second kappa shape index (κ2) is 4.85. The van der Waals surface area contributed by atoms with E-state index in [1.54, 1.807) is 17.5 Å². The van der Waals surface area contributed by atoms with Crippen LogP contribution in [0.25, 0.3) is 0 Å². The zero-order chi connectivity index (χ0) is 11.4. The molecule has 2 heterocycles. The number of hydrogen-bond acceptors (Lipinski definition) is 4. The first kappa shape index (κ1) is 10.8. The van der Waals surface area contributed by atoms with Crippen molar-refractivity contribution in [2.45, 2.75) is 13.5 Å². The smallest absolute Gasteiger partial charge is 0.271 e. The predicted octanol–water partition coefficient (Wildman–Crippen LogP) is 1.78. The molecule has 0 spiro atoms. The lowest BCUT2D eigenvalue weighted by molar-refractivity contribution is 0.0946. The Kier molecular flexibility index (Phi) is 3.26. The average Bonchev–Trinajstić information content (AvgIpc) is 2.80. The molecule has 4 nitrogen and oxygen atoms in total. The summed E-state index contributed by atoms with van der Waals surface area (Å²) in [6.07, 6.45) is 3.07. The van der Waals surface area contributed by atoms with Crippen LogP contribution in [0.5, 0.6) is 0 Å². The van der Waals surface area contributed by atoms with Gasteiger partial charge >= 0.3 is 0 Å². The third-order valence-electron chi connectivity index (χ3n) is 2.02. The standard InChI is InChI=1S/C11H11N3OS/c1-8-5-13-10(7-12-8)11(15)14-6-9-3-2-4-16-9/h2-5,7H,6H2,1H3,(H,14,15). The third kappa shape index (κ3) is 2.64. The van der Waals surface area contributed by atoms with E-state index in [0.717, 1.165) is 10.6 Å². The summed E-state index contributed by atoms with van der Waals surface area (Å²) in [5.41, 5.74) is 1.15. The van der Waals surface area contributed by atoms with Gasteiger partial charge in [-0.25, -0.2) is 4.98 Å². The summed E-state index contributed by atoms with van der Waals surface area (Å²) in [7, 11) is 0. The van der Waals surface area contributed by atoms with E-state index in [-0.39, 0.29) is 5.91 Å². The van der Waals surface area contributed by atoms with Gasteiger partial charge in [-0.1, -0.05) is 6.07 Å². The van der Waals surface area contributed by atoms with Gasteiger partial charge in [-0.15, -0.1) is 11.3 Å². The molecule has 0 aliphatic carbocycles. The van der Waals surface area contributed by atoms with Crippen LogP contribution >= 0.6 is 11.3 Å². The van der Waals surface area contributed by atoms with Crippen LogP contribution in [0.4, 0.5) is 0 Å². The summed E-state index contributed by atoms with van der Waals surface area (Å²) in [6.45, 7) is 2.37. The summed E-state index contributed by atoms with van der Waals surface area (Å²) in [5, 5.41) is 4.77. The Morgan fingerprint density at radius 1 is 1.44 bits per heavy atom. The molecule has 82 valence electrons. The van der Waals surface area contributed by atoms with Crippen molar-refractivity contribution in [3.63, 3.8) is 0 Å². The van der Waals surface area contributed by atoms with Crippen LogP contribution in [0.1, 0.15) is 21.1 Å². The van der Waals surface area contributed by atoms with Crippen molar-refractivity contribution >= 4 is 17.2 Å². The molecule has 0 aliphatic rings. The second-order valence-electron chi connectivity index (χ2n) is 3.31. The number of nitrogens with zero attached hydrogens (tertiary/aromatic N) is 2. The zero-order valence-electron chi connectivity index (χ0n) is 8.80. The molecule has 0 bridgehead atoms. The predicted molar refractivity (Wildman–Crippen MR) is 62.3 cm³/mol. The molecule has 0 aliphatic heterocycles. The SMILES string of the molecule is Cc1cnc(C(=O)NCc2cccs2)cn1. The van der Waals surface area contributed by atoms with Gasteiger partial charge in [-0.05, 0) is 18.4 Å². The molecule has 0 unspecified atom stereocenters. The first-order chi connectivity index (χ1) is 7.75. The van der Waals surface area contributed by atoms with Crippen molar-refractivity contribution in [2.75, 3.05) is 0 Å². The van der Waals surface area contributed by atoms with Crippen molar-refractivity contribution in [1.82, 2.24) is 15.3 Å². The highest BCUT2D eigenvalue weighted by molar-refractivity contribution is 7.09. The highest BCUT2D eigenvalue weighted by atomic mass is 32.1. The Morgan fingerprint density at radius 3 is 2.94 bits per heavy atom. The van der Waals surface area contributed by atoms with Crippen molar-refractivity contribution in [3.8, 4) is 0 Å². The Balaban J connectivity index is 1.95. The first-order valence-electron chi connectivity index (χ1n) is 4.85. The van der Waals surface area contributed by atoms with Gasteiger partial charge in [0, 0.05) is 11.1 Å². The van der Waals surface area contributed by atoms with Crippen LogP contribution in [-0.2, 0) is 6.54 Å². The van der Waals surface area contributed by atoms with Crippen LogP contribution < -0.4 is 5.32 Å². The van der Waals surface area contributed by atoms with Gasteiger partial charge < -0.3 is 5.32 Å². The maximum atomic E-state index is 11.6. The van der Waals surface area contributed by atoms with Crippen LogP contribution in [0.3, 0.4) is 0 Å². The maximum Gasteiger partial charge on any atom is 0.271 e. The van der Waals surface area contributed by atoms with Crippen molar-refractivity contribution < 1.29 is 4.79 Å². The van der Waals surface area contributed by atoms with Gasteiger partial charge in [-0.3, -0.25) is 9.78 Å². The topological polar surface area (TPSA) is 54.9 Å². The molecule has 0 atom stereocenters. The van der Waals surface area contributed by atoms with Crippen LogP contribution in [0.2, 0.25) is 0 Å². The monoisotopic (exact) mass is 233 g/mol. The molecule has 0 saturated heterocycles. The molecule has 2 aromatic heterocycles. The third-order valence-corrected chi connectivity index (χ3v) is 2.89. The number of carbonyl (C=O) groups excluding carboxylic acids is 1. The number of rotatable bonds is 3. The molecule has 0 aromatic carbocycles. The number of nitrogens with one attached hydrogen (secondary N) is 1. The van der Waals surface area contributed by atoms with Crippen molar-refractivity contribution in [1.29, 1.82) is 0 Å². The molecular weight excluding hydrogens is 222 g/mol. The van der Waals surface area contributed by atoms with E-state index in [1.165, 1.54) is 6.20 Å². The quantitative estimate of drug-likeness (QED) is 0.879. The Hall–Kier alpha value is -1.75. The van der Waals surface area contributed by atoms with Gasteiger partial charge in [0.1, 0.15) is 5.69 Å². The fourth-order valence-electron chi connectivity index (χ4n) is 1.18. The summed E-state index contributed by atoms with van der Waals surface area (Å²) in [5.74, 6) is -0.194. The summed E-state index contributed by atoms with van der Waals surface area (Å²) in [6, 6.07) is 3.93. The number of hydrogen-bond donors (Lipinski definition) is 1. The number of aryl methyl sites for hydroxylation is 1. The van der Waals surface area contributed by atoms with E-state index in [2.05, 4.69) is 15.3 Å². The van der Waals surface area contributed by atoms with Gasteiger partial charge in [0.15, 0.2) is 0 Å². The Labute approximate surface area is 97.4 Å². The minimum atomic E-state index is -0.194. The number of aromatic nitrogens is 2.